The van der Waals surface area contributed by atoms with Gasteiger partial charge in [0.2, 0.25) is 0 Å². The molecule has 0 bridgehead atoms. The van der Waals surface area contributed by atoms with E-state index in [1.54, 1.807) is 7.05 Å². The van der Waals surface area contributed by atoms with Crippen molar-refractivity contribution in [1.82, 2.24) is 15.0 Å². The van der Waals surface area contributed by atoms with Gasteiger partial charge >= 0.3 is 0 Å². The maximum Gasteiger partial charge on any atom is 0.140 e. The number of aromatic nitrogens is 1. The Hall–Kier alpha value is -2.52. The molecule has 172 valence electrons. The van der Waals surface area contributed by atoms with E-state index in [0.717, 1.165) is 43.0 Å². The Morgan fingerprint density at radius 2 is 1.87 bits per heavy atom. The fraction of sp³-hybridized carbons (Fsp3) is 0.636. The number of hydrogen-bond donors (Lipinski definition) is 4. The van der Waals surface area contributed by atoms with Gasteiger partial charge in [0, 0.05) is 13.5 Å². The summed E-state index contributed by atoms with van der Waals surface area (Å²) in [6.45, 7) is 2.22. The molecule has 0 spiro atoms. The molecule has 0 aromatic carbocycles. The molecule has 1 aromatic heterocycles. The predicted octanol–water partition coefficient (Wildman–Crippen LogP) is 2.17. The number of nitrogens with zero attached hydrogens (tertiary/aromatic N) is 4. The monoisotopic (exact) mass is 430 g/mol. The molecule has 2 aliphatic rings. The Morgan fingerprint density at radius 1 is 1.16 bits per heavy atom. The number of ether oxygens (including phenoxy) is 1. The van der Waals surface area contributed by atoms with Crippen LogP contribution in [0.3, 0.4) is 0 Å². The van der Waals surface area contributed by atoms with E-state index in [2.05, 4.69) is 10.1 Å². The standard InChI is InChI=1S/C22H38N8O/c1-15-20(31-17-6-4-3-5-7-17)12-11-18(27-15)22(23)19(29(2)25)14-30(26)21(28-24)13-10-16-8-9-16/h11-12,16-17H,3-10,13-14,23-26H2,1-2H3/b22-19-,28-21-. The van der Waals surface area contributed by atoms with Gasteiger partial charge in [-0.2, -0.15) is 5.10 Å². The maximum absolute atomic E-state index is 6.47. The Kier molecular flexibility index (Phi) is 7.97. The van der Waals surface area contributed by atoms with Gasteiger partial charge in [-0.3, -0.25) is 5.01 Å². The number of nitrogens with two attached hydrogens (primary N) is 4. The largest absolute Gasteiger partial charge is 0.489 e. The third kappa shape index (κ3) is 6.48. The van der Waals surface area contributed by atoms with E-state index in [-0.39, 0.29) is 12.6 Å². The Balaban J connectivity index is 1.72. The van der Waals surface area contributed by atoms with Gasteiger partial charge in [0.1, 0.15) is 11.6 Å². The molecule has 8 N–H and O–H groups in total. The van der Waals surface area contributed by atoms with Crippen LogP contribution in [0.1, 0.15) is 69.2 Å². The lowest BCUT2D eigenvalue weighted by atomic mass is 9.98. The van der Waals surface area contributed by atoms with Crippen LogP contribution in [0.4, 0.5) is 0 Å². The van der Waals surface area contributed by atoms with Crippen LogP contribution in [0.25, 0.3) is 5.70 Å². The van der Waals surface area contributed by atoms with Crippen molar-refractivity contribution in [3.63, 3.8) is 0 Å². The minimum atomic E-state index is 0.272. The van der Waals surface area contributed by atoms with Crippen LogP contribution in [0.2, 0.25) is 0 Å². The molecule has 0 aliphatic heterocycles. The van der Waals surface area contributed by atoms with Crippen molar-refractivity contribution in [2.75, 3.05) is 13.6 Å². The first-order valence-electron chi connectivity index (χ1n) is 11.3. The molecular formula is C22H38N8O. The second-order valence-corrected chi connectivity index (χ2v) is 8.78. The van der Waals surface area contributed by atoms with Crippen molar-refractivity contribution in [1.29, 1.82) is 0 Å². The summed E-state index contributed by atoms with van der Waals surface area (Å²) >= 11 is 0. The van der Waals surface area contributed by atoms with Gasteiger partial charge in [-0.05, 0) is 57.1 Å². The summed E-state index contributed by atoms with van der Waals surface area (Å²) < 4.78 is 6.18. The molecule has 0 unspecified atom stereocenters. The fourth-order valence-corrected chi connectivity index (χ4v) is 3.99. The molecular weight excluding hydrogens is 392 g/mol. The minimum Gasteiger partial charge on any atom is -0.489 e. The molecule has 0 atom stereocenters. The van der Waals surface area contributed by atoms with Crippen molar-refractivity contribution in [3.8, 4) is 5.75 Å². The molecule has 0 amide bonds. The van der Waals surface area contributed by atoms with Crippen molar-refractivity contribution in [2.45, 2.75) is 70.8 Å². The van der Waals surface area contributed by atoms with Gasteiger partial charge in [0.15, 0.2) is 0 Å². The first-order valence-corrected chi connectivity index (χ1v) is 11.3. The summed E-state index contributed by atoms with van der Waals surface area (Å²) in [5.41, 5.74) is 9.02. The Labute approximate surface area is 185 Å². The van der Waals surface area contributed by atoms with Crippen LogP contribution in [0, 0.1) is 12.8 Å². The summed E-state index contributed by atoms with van der Waals surface area (Å²) in [4.78, 5) is 4.68. The second-order valence-electron chi connectivity index (χ2n) is 8.78. The van der Waals surface area contributed by atoms with Gasteiger partial charge < -0.3 is 21.3 Å². The highest BCUT2D eigenvalue weighted by atomic mass is 16.5. The molecule has 2 saturated carbocycles. The average molecular weight is 431 g/mol. The highest BCUT2D eigenvalue weighted by Crippen LogP contribution is 2.33. The second kappa shape index (κ2) is 10.7. The number of aryl methyl sites for hydroxylation is 1. The summed E-state index contributed by atoms with van der Waals surface area (Å²) in [7, 11) is 1.73. The van der Waals surface area contributed by atoms with Crippen LogP contribution in [-0.2, 0) is 0 Å². The molecule has 31 heavy (non-hydrogen) atoms. The third-order valence-corrected chi connectivity index (χ3v) is 6.17. The number of rotatable bonds is 9. The van der Waals surface area contributed by atoms with Crippen molar-refractivity contribution >= 4 is 11.5 Å². The van der Waals surface area contributed by atoms with Crippen molar-refractivity contribution in [2.24, 2.45) is 34.3 Å². The number of hydrogen-bond acceptors (Lipinski definition) is 8. The normalized spacial score (nSPS) is 18.5. The average Bonchev–Trinajstić information content (AvgIpc) is 3.58. The van der Waals surface area contributed by atoms with E-state index in [9.17, 15) is 0 Å². The molecule has 9 heteroatoms. The van der Waals surface area contributed by atoms with E-state index in [0.29, 0.717) is 22.9 Å². The van der Waals surface area contributed by atoms with E-state index in [1.807, 2.05) is 19.1 Å². The molecule has 0 saturated heterocycles. The third-order valence-electron chi connectivity index (χ3n) is 6.17. The van der Waals surface area contributed by atoms with E-state index < -0.39 is 0 Å². The first kappa shape index (κ1) is 23.1. The molecule has 1 aromatic rings. The fourth-order valence-electron chi connectivity index (χ4n) is 3.99. The maximum atomic E-state index is 6.47. The summed E-state index contributed by atoms with van der Waals surface area (Å²) in [6, 6.07) is 3.81. The Morgan fingerprint density at radius 3 is 2.45 bits per heavy atom. The number of amidine groups is 1. The number of hydrazone groups is 1. The summed E-state index contributed by atoms with van der Waals surface area (Å²) in [6.07, 6.45) is 10.5. The number of hydrazine groups is 2. The van der Waals surface area contributed by atoms with Crippen LogP contribution in [0.15, 0.2) is 22.9 Å². The molecule has 2 fully saturated rings. The van der Waals surface area contributed by atoms with E-state index in [4.69, 9.17) is 28.0 Å². The van der Waals surface area contributed by atoms with Crippen LogP contribution in [-0.4, -0.2) is 40.5 Å². The highest BCUT2D eigenvalue weighted by molar-refractivity contribution is 5.82. The van der Waals surface area contributed by atoms with Gasteiger partial charge in [-0.15, -0.1) is 0 Å². The molecule has 0 radical (unpaired) electrons. The highest BCUT2D eigenvalue weighted by Gasteiger charge is 2.23. The van der Waals surface area contributed by atoms with Crippen molar-refractivity contribution < 1.29 is 4.74 Å². The topological polar surface area (TPSA) is 145 Å². The van der Waals surface area contributed by atoms with Gasteiger partial charge in [0.05, 0.1) is 35.4 Å². The number of likely N-dealkylation sites (N-methyl/N-ethyl adjacent to an activating group) is 1. The lowest BCUT2D eigenvalue weighted by Gasteiger charge is -2.27. The van der Waals surface area contributed by atoms with Crippen LogP contribution in [0.5, 0.6) is 5.75 Å². The van der Waals surface area contributed by atoms with Crippen molar-refractivity contribution in [3.05, 3.63) is 29.2 Å². The van der Waals surface area contributed by atoms with E-state index >= 15 is 0 Å². The number of pyridine rings is 1. The van der Waals surface area contributed by atoms with Crippen LogP contribution >= 0.6 is 0 Å². The minimum absolute atomic E-state index is 0.272. The lowest BCUT2D eigenvalue weighted by Crippen LogP contribution is -2.44. The zero-order valence-corrected chi connectivity index (χ0v) is 18.9. The Bertz CT molecular complexity index is 797. The molecule has 3 rings (SSSR count). The SMILES string of the molecule is Cc1nc(/C(N)=C(\CN(N)/C(CCC2CC2)=N\N)N(C)N)ccc1OC1CCCCC1. The molecule has 1 heterocycles. The zero-order chi connectivity index (χ0) is 22.4. The van der Waals surface area contributed by atoms with E-state index in [1.165, 1.54) is 42.1 Å². The molecule has 9 nitrogen and oxygen atoms in total. The molecule has 2 aliphatic carbocycles. The van der Waals surface area contributed by atoms with Crippen LogP contribution < -0.4 is 28.0 Å². The smallest absolute Gasteiger partial charge is 0.140 e. The summed E-state index contributed by atoms with van der Waals surface area (Å²) in [5.74, 6) is 20.1. The zero-order valence-electron chi connectivity index (χ0n) is 18.9. The van der Waals surface area contributed by atoms with Gasteiger partial charge in [-0.1, -0.05) is 19.3 Å². The predicted molar refractivity (Wildman–Crippen MR) is 124 cm³/mol. The lowest BCUT2D eigenvalue weighted by molar-refractivity contribution is 0.153. The first-order chi connectivity index (χ1) is 14.9. The quantitative estimate of drug-likeness (QED) is 0.202. The van der Waals surface area contributed by atoms with Gasteiger partial charge in [0.25, 0.3) is 0 Å². The summed E-state index contributed by atoms with van der Waals surface area (Å²) in [5, 5.41) is 6.86. The van der Waals surface area contributed by atoms with Gasteiger partial charge in [-0.25, -0.2) is 16.7 Å².